The van der Waals surface area contributed by atoms with Crippen molar-refractivity contribution in [2.75, 3.05) is 6.61 Å². The Bertz CT molecular complexity index is 424. The predicted octanol–water partition coefficient (Wildman–Crippen LogP) is 1.21. The second kappa shape index (κ2) is 7.21. The van der Waals surface area contributed by atoms with E-state index in [9.17, 15) is 14.4 Å². The summed E-state index contributed by atoms with van der Waals surface area (Å²) in [5.41, 5.74) is 1.00. The molecule has 0 aliphatic carbocycles. The van der Waals surface area contributed by atoms with Gasteiger partial charge < -0.3 is 9.84 Å². The molecule has 1 aromatic rings. The molecule has 1 aromatic carbocycles. The van der Waals surface area contributed by atoms with Crippen LogP contribution < -0.4 is 0 Å². The third-order valence-corrected chi connectivity index (χ3v) is 2.26. The van der Waals surface area contributed by atoms with Gasteiger partial charge in [0, 0.05) is 12.8 Å². The van der Waals surface area contributed by atoms with E-state index in [0.29, 0.717) is 6.42 Å². The minimum absolute atomic E-state index is 0.113. The molecule has 1 N–H and O–H groups in total. The lowest BCUT2D eigenvalue weighted by Crippen LogP contribution is -2.19. The fraction of sp³-hybridized carbons (Fsp3) is 0.308. The summed E-state index contributed by atoms with van der Waals surface area (Å²) in [5.74, 6) is -2.88. The Labute approximate surface area is 104 Å². The number of rotatable bonds is 7. The molecule has 1 rings (SSSR count). The van der Waals surface area contributed by atoms with E-state index >= 15 is 0 Å². The Hall–Kier alpha value is -2.17. The monoisotopic (exact) mass is 250 g/mol. The molecule has 0 atom stereocenters. The molecule has 5 heteroatoms. The molecule has 0 saturated heterocycles. The highest BCUT2D eigenvalue weighted by Gasteiger charge is 2.16. The molecule has 0 fully saturated rings. The summed E-state index contributed by atoms with van der Waals surface area (Å²) >= 11 is 0. The van der Waals surface area contributed by atoms with E-state index in [1.807, 2.05) is 30.3 Å². The first-order valence-electron chi connectivity index (χ1n) is 5.55. The van der Waals surface area contributed by atoms with Gasteiger partial charge in [-0.05, 0) is 5.56 Å². The second-order valence-electron chi connectivity index (χ2n) is 3.69. The quantitative estimate of drug-likeness (QED) is 0.581. The summed E-state index contributed by atoms with van der Waals surface area (Å²) in [6, 6.07) is 9.40. The van der Waals surface area contributed by atoms with Crippen LogP contribution in [0.2, 0.25) is 0 Å². The first kappa shape index (κ1) is 13.9. The first-order valence-corrected chi connectivity index (χ1v) is 5.55. The molecule has 5 nitrogen and oxygen atoms in total. The Morgan fingerprint density at radius 2 is 1.72 bits per heavy atom. The molecule has 0 heterocycles. The SMILES string of the molecule is O=C(O)CCC(=O)C(=O)OCCc1ccccc1. The number of carbonyl (C=O) groups is 3. The van der Waals surface area contributed by atoms with E-state index in [1.54, 1.807) is 0 Å². The molecule has 96 valence electrons. The van der Waals surface area contributed by atoms with Crippen LogP contribution >= 0.6 is 0 Å². The van der Waals surface area contributed by atoms with Crippen molar-refractivity contribution in [1.29, 1.82) is 0 Å². The van der Waals surface area contributed by atoms with Crippen LogP contribution in [-0.2, 0) is 25.5 Å². The average molecular weight is 250 g/mol. The fourth-order valence-corrected chi connectivity index (χ4v) is 1.31. The predicted molar refractivity (Wildman–Crippen MR) is 63.0 cm³/mol. The van der Waals surface area contributed by atoms with Gasteiger partial charge in [0.2, 0.25) is 5.78 Å². The van der Waals surface area contributed by atoms with Crippen molar-refractivity contribution < 1.29 is 24.2 Å². The normalized spacial score (nSPS) is 9.78. The zero-order chi connectivity index (χ0) is 13.4. The number of Topliss-reactive ketones (excluding diaryl/α,β-unsaturated/α-hetero) is 1. The largest absolute Gasteiger partial charge is 0.481 e. The smallest absolute Gasteiger partial charge is 0.374 e. The van der Waals surface area contributed by atoms with Crippen molar-refractivity contribution in [1.82, 2.24) is 0 Å². The molecule has 0 amide bonds. The van der Waals surface area contributed by atoms with Gasteiger partial charge in [-0.15, -0.1) is 0 Å². The maximum Gasteiger partial charge on any atom is 0.374 e. The number of ether oxygens (including phenoxy) is 1. The van der Waals surface area contributed by atoms with E-state index in [1.165, 1.54) is 0 Å². The standard InChI is InChI=1S/C13H14O5/c14-11(6-7-12(15)16)13(17)18-9-8-10-4-2-1-3-5-10/h1-5H,6-9H2,(H,15,16). The molecule has 0 aliphatic rings. The van der Waals surface area contributed by atoms with Gasteiger partial charge in [-0.1, -0.05) is 30.3 Å². The number of carbonyl (C=O) groups excluding carboxylic acids is 2. The number of benzene rings is 1. The lowest BCUT2D eigenvalue weighted by molar-refractivity contribution is -0.154. The first-order chi connectivity index (χ1) is 8.59. The molecule has 0 aromatic heterocycles. The van der Waals surface area contributed by atoms with Crippen LogP contribution in [0.5, 0.6) is 0 Å². The molecule has 18 heavy (non-hydrogen) atoms. The van der Waals surface area contributed by atoms with Gasteiger partial charge >= 0.3 is 11.9 Å². The Kier molecular flexibility index (Phi) is 5.57. The Morgan fingerprint density at radius 1 is 1.06 bits per heavy atom. The summed E-state index contributed by atoms with van der Waals surface area (Å²) < 4.78 is 4.76. The van der Waals surface area contributed by atoms with E-state index in [2.05, 4.69) is 0 Å². The number of hydrogen-bond acceptors (Lipinski definition) is 4. The number of hydrogen-bond donors (Lipinski definition) is 1. The van der Waals surface area contributed by atoms with Gasteiger partial charge in [0.25, 0.3) is 0 Å². The van der Waals surface area contributed by atoms with Crippen molar-refractivity contribution in [2.24, 2.45) is 0 Å². The van der Waals surface area contributed by atoms with Crippen LogP contribution in [0, 0.1) is 0 Å². The van der Waals surface area contributed by atoms with Gasteiger partial charge in [-0.3, -0.25) is 9.59 Å². The average Bonchev–Trinajstić information content (AvgIpc) is 2.37. The van der Waals surface area contributed by atoms with Crippen molar-refractivity contribution in [2.45, 2.75) is 19.3 Å². The lowest BCUT2D eigenvalue weighted by atomic mass is 10.2. The van der Waals surface area contributed by atoms with Crippen LogP contribution in [0.25, 0.3) is 0 Å². The summed E-state index contributed by atoms with van der Waals surface area (Å²) in [6.07, 6.45) is -0.148. The van der Waals surface area contributed by atoms with Crippen LogP contribution in [0.15, 0.2) is 30.3 Å². The van der Waals surface area contributed by atoms with E-state index in [4.69, 9.17) is 9.84 Å². The van der Waals surface area contributed by atoms with Crippen molar-refractivity contribution >= 4 is 17.7 Å². The van der Waals surface area contributed by atoms with Crippen molar-refractivity contribution in [3.8, 4) is 0 Å². The maximum absolute atomic E-state index is 11.2. The third kappa shape index (κ3) is 5.25. The minimum atomic E-state index is -1.11. The van der Waals surface area contributed by atoms with Crippen molar-refractivity contribution in [3.05, 3.63) is 35.9 Å². The molecular weight excluding hydrogens is 236 g/mol. The van der Waals surface area contributed by atoms with E-state index in [0.717, 1.165) is 5.56 Å². The molecule has 0 aliphatic heterocycles. The second-order valence-corrected chi connectivity index (χ2v) is 3.69. The van der Waals surface area contributed by atoms with Crippen LogP contribution in [0.1, 0.15) is 18.4 Å². The molecule has 0 unspecified atom stereocenters. The van der Waals surface area contributed by atoms with Crippen LogP contribution in [-0.4, -0.2) is 29.4 Å². The van der Waals surface area contributed by atoms with Gasteiger partial charge in [0.1, 0.15) is 0 Å². The zero-order valence-electron chi connectivity index (χ0n) is 9.80. The van der Waals surface area contributed by atoms with Crippen LogP contribution in [0.3, 0.4) is 0 Å². The van der Waals surface area contributed by atoms with Gasteiger partial charge in [-0.25, -0.2) is 4.79 Å². The van der Waals surface area contributed by atoms with E-state index < -0.39 is 17.7 Å². The molecule has 0 bridgehead atoms. The molecule has 0 radical (unpaired) electrons. The highest BCUT2D eigenvalue weighted by atomic mass is 16.5. The summed E-state index contributed by atoms with van der Waals surface area (Å²) in [7, 11) is 0. The maximum atomic E-state index is 11.2. The third-order valence-electron chi connectivity index (χ3n) is 2.26. The summed E-state index contributed by atoms with van der Waals surface area (Å²) in [4.78, 5) is 32.6. The number of esters is 1. The highest BCUT2D eigenvalue weighted by molar-refractivity contribution is 6.33. The number of carboxylic acids is 1. The Balaban J connectivity index is 2.24. The summed E-state index contributed by atoms with van der Waals surface area (Å²) in [6.45, 7) is 0.113. The Morgan fingerprint density at radius 3 is 2.33 bits per heavy atom. The fourth-order valence-electron chi connectivity index (χ4n) is 1.31. The minimum Gasteiger partial charge on any atom is -0.481 e. The molecule has 0 saturated carbocycles. The molecular formula is C13H14O5. The summed E-state index contributed by atoms with van der Waals surface area (Å²) in [5, 5.41) is 8.36. The number of carboxylic acid groups (broad SMARTS) is 1. The van der Waals surface area contributed by atoms with Gasteiger partial charge in [0.15, 0.2) is 0 Å². The zero-order valence-corrected chi connectivity index (χ0v) is 9.80. The number of aliphatic carboxylic acids is 1. The topological polar surface area (TPSA) is 80.7 Å². The van der Waals surface area contributed by atoms with Crippen molar-refractivity contribution in [3.63, 3.8) is 0 Å². The number of ketones is 1. The lowest BCUT2D eigenvalue weighted by Gasteiger charge is -2.03. The van der Waals surface area contributed by atoms with E-state index in [-0.39, 0.29) is 19.4 Å². The van der Waals surface area contributed by atoms with Crippen LogP contribution in [0.4, 0.5) is 0 Å². The van der Waals surface area contributed by atoms with Gasteiger partial charge in [0.05, 0.1) is 13.0 Å². The van der Waals surface area contributed by atoms with Gasteiger partial charge in [-0.2, -0.15) is 0 Å². The molecule has 0 spiro atoms. The highest BCUT2D eigenvalue weighted by Crippen LogP contribution is 2.00.